The third kappa shape index (κ3) is 3.93. The van der Waals surface area contributed by atoms with Gasteiger partial charge in [-0.2, -0.15) is 0 Å². The molecular formula is C18H26N4O3. The molecule has 1 fully saturated rings. The normalized spacial score (nSPS) is 21.4. The molecule has 3 heterocycles. The molecule has 0 bridgehead atoms. The van der Waals surface area contributed by atoms with Gasteiger partial charge in [0.05, 0.1) is 18.1 Å². The van der Waals surface area contributed by atoms with Gasteiger partial charge in [-0.3, -0.25) is 9.69 Å². The topological polar surface area (TPSA) is 72.5 Å². The number of furan rings is 1. The monoisotopic (exact) mass is 346 g/mol. The second kappa shape index (κ2) is 7.84. The van der Waals surface area contributed by atoms with E-state index in [1.807, 2.05) is 19.6 Å². The number of amides is 1. The lowest BCUT2D eigenvalue weighted by atomic mass is 9.87. The first-order valence-corrected chi connectivity index (χ1v) is 8.62. The molecule has 1 amide bonds. The smallest absolute Gasteiger partial charge is 0.287 e. The maximum atomic E-state index is 12.4. The predicted octanol–water partition coefficient (Wildman–Crippen LogP) is 1.97. The molecule has 0 aliphatic carbocycles. The Balaban J connectivity index is 1.65. The summed E-state index contributed by atoms with van der Waals surface area (Å²) < 4.78 is 12.6. The van der Waals surface area contributed by atoms with E-state index < -0.39 is 0 Å². The lowest BCUT2D eigenvalue weighted by molar-refractivity contribution is 0.0851. The van der Waals surface area contributed by atoms with Crippen LogP contribution < -0.4 is 5.32 Å². The maximum absolute atomic E-state index is 12.4. The molecule has 0 spiro atoms. The summed E-state index contributed by atoms with van der Waals surface area (Å²) in [6.07, 6.45) is 5.95. The molecule has 3 rings (SSSR count). The molecule has 2 aromatic rings. The van der Waals surface area contributed by atoms with Crippen LogP contribution in [0, 0.1) is 5.92 Å². The number of likely N-dealkylation sites (tertiary alicyclic amines) is 1. The number of nitrogens with zero attached hydrogens (tertiary/aromatic N) is 3. The number of nitrogens with one attached hydrogen (secondary N) is 1. The molecule has 136 valence electrons. The fourth-order valence-corrected chi connectivity index (χ4v) is 3.62. The summed E-state index contributed by atoms with van der Waals surface area (Å²) in [5.41, 5.74) is 1.18. The zero-order valence-corrected chi connectivity index (χ0v) is 15.1. The van der Waals surface area contributed by atoms with E-state index in [1.54, 1.807) is 19.2 Å². The molecule has 0 saturated carbocycles. The summed E-state index contributed by atoms with van der Waals surface area (Å²) in [6.45, 7) is 2.03. The van der Waals surface area contributed by atoms with Crippen molar-refractivity contribution in [2.24, 2.45) is 13.0 Å². The first-order chi connectivity index (χ1) is 12.1. The molecule has 2 atom stereocenters. The number of hydrogen-bond donors (Lipinski definition) is 1. The van der Waals surface area contributed by atoms with E-state index in [1.165, 1.54) is 5.69 Å². The number of carbonyl (C=O) groups excluding carboxylic acids is 1. The average Bonchev–Trinajstić information content (AvgIpc) is 3.22. The van der Waals surface area contributed by atoms with Crippen LogP contribution in [0.3, 0.4) is 0 Å². The summed E-state index contributed by atoms with van der Waals surface area (Å²) >= 11 is 0. The zero-order valence-electron chi connectivity index (χ0n) is 15.1. The van der Waals surface area contributed by atoms with Gasteiger partial charge in [-0.25, -0.2) is 4.98 Å². The van der Waals surface area contributed by atoms with Crippen molar-refractivity contribution < 1.29 is 13.9 Å². The van der Waals surface area contributed by atoms with E-state index >= 15 is 0 Å². The van der Waals surface area contributed by atoms with Crippen LogP contribution in [-0.4, -0.2) is 47.6 Å². The zero-order chi connectivity index (χ0) is 17.8. The van der Waals surface area contributed by atoms with Crippen LogP contribution in [-0.2, 0) is 18.4 Å². The van der Waals surface area contributed by atoms with Crippen LogP contribution in [0.4, 0.5) is 0 Å². The predicted molar refractivity (Wildman–Crippen MR) is 93.1 cm³/mol. The highest BCUT2D eigenvalue weighted by molar-refractivity contribution is 5.91. The Morgan fingerprint density at radius 2 is 2.28 bits per heavy atom. The molecule has 0 aromatic carbocycles. The lowest BCUT2D eigenvalue weighted by Gasteiger charge is -2.39. The number of rotatable bonds is 6. The Hall–Kier alpha value is -2.12. The van der Waals surface area contributed by atoms with Gasteiger partial charge in [-0.1, -0.05) is 0 Å². The molecule has 1 N–H and O–H groups in total. The Morgan fingerprint density at radius 3 is 3.00 bits per heavy atom. The average molecular weight is 346 g/mol. The van der Waals surface area contributed by atoms with Crippen molar-refractivity contribution in [3.63, 3.8) is 0 Å². The number of imidazole rings is 1. The molecule has 0 radical (unpaired) electrons. The second-order valence-corrected chi connectivity index (χ2v) is 6.67. The Kier molecular flexibility index (Phi) is 5.55. The summed E-state index contributed by atoms with van der Waals surface area (Å²) in [6, 6.07) is 3.71. The van der Waals surface area contributed by atoms with Gasteiger partial charge in [0.25, 0.3) is 5.91 Å². The second-order valence-electron chi connectivity index (χ2n) is 6.67. The quantitative estimate of drug-likeness (QED) is 0.866. The van der Waals surface area contributed by atoms with Gasteiger partial charge in [0, 0.05) is 26.9 Å². The maximum Gasteiger partial charge on any atom is 0.287 e. The number of carbonyl (C=O) groups is 1. The van der Waals surface area contributed by atoms with E-state index in [0.29, 0.717) is 30.6 Å². The highest BCUT2D eigenvalue weighted by atomic mass is 16.5. The van der Waals surface area contributed by atoms with E-state index in [2.05, 4.69) is 26.8 Å². The fourth-order valence-electron chi connectivity index (χ4n) is 3.62. The Morgan fingerprint density at radius 1 is 1.44 bits per heavy atom. The van der Waals surface area contributed by atoms with E-state index in [9.17, 15) is 4.79 Å². The van der Waals surface area contributed by atoms with Crippen LogP contribution >= 0.6 is 0 Å². The highest BCUT2D eigenvalue weighted by Gasteiger charge is 2.32. The number of aromatic nitrogens is 2. The van der Waals surface area contributed by atoms with Gasteiger partial charge in [0.15, 0.2) is 5.76 Å². The van der Waals surface area contributed by atoms with Crippen molar-refractivity contribution in [2.45, 2.75) is 25.5 Å². The van der Waals surface area contributed by atoms with Gasteiger partial charge in [0.2, 0.25) is 0 Å². The molecule has 7 heteroatoms. The number of aryl methyl sites for hydroxylation is 1. The standard InChI is InChI=1S/C18H26N4O3/c1-21-8-4-5-13(17(21)15-10-19-12-22(15)2)9-20-18(23)16-7-6-14(25-16)11-24-3/h6-7,10,12-13,17H,4-5,8-9,11H2,1-3H3,(H,20,23)/t13-,17+/m0/s1. The summed E-state index contributed by atoms with van der Waals surface area (Å²) in [5.74, 6) is 1.14. The molecule has 1 aliphatic rings. The summed E-state index contributed by atoms with van der Waals surface area (Å²) in [7, 11) is 5.75. The van der Waals surface area contributed by atoms with Crippen LogP contribution in [0.1, 0.15) is 40.9 Å². The van der Waals surface area contributed by atoms with Crippen molar-refractivity contribution in [1.82, 2.24) is 19.8 Å². The van der Waals surface area contributed by atoms with Crippen molar-refractivity contribution in [3.8, 4) is 0 Å². The molecular weight excluding hydrogens is 320 g/mol. The number of ether oxygens (including phenoxy) is 1. The van der Waals surface area contributed by atoms with E-state index in [-0.39, 0.29) is 11.9 Å². The highest BCUT2D eigenvalue weighted by Crippen LogP contribution is 2.34. The van der Waals surface area contributed by atoms with Gasteiger partial charge < -0.3 is 19.0 Å². The lowest BCUT2D eigenvalue weighted by Crippen LogP contribution is -2.42. The van der Waals surface area contributed by atoms with Gasteiger partial charge in [-0.05, 0) is 44.5 Å². The fraction of sp³-hybridized carbons (Fsp3) is 0.556. The minimum atomic E-state index is -0.181. The van der Waals surface area contributed by atoms with Crippen molar-refractivity contribution >= 4 is 5.91 Å². The number of hydrogen-bond acceptors (Lipinski definition) is 5. The van der Waals surface area contributed by atoms with Crippen LogP contribution in [0.2, 0.25) is 0 Å². The molecule has 25 heavy (non-hydrogen) atoms. The van der Waals surface area contributed by atoms with Crippen LogP contribution in [0.5, 0.6) is 0 Å². The van der Waals surface area contributed by atoms with Crippen molar-refractivity contribution in [2.75, 3.05) is 27.2 Å². The molecule has 1 saturated heterocycles. The van der Waals surface area contributed by atoms with Crippen LogP contribution in [0.15, 0.2) is 29.1 Å². The minimum Gasteiger partial charge on any atom is -0.453 e. The summed E-state index contributed by atoms with van der Waals surface area (Å²) in [4.78, 5) is 19.0. The van der Waals surface area contributed by atoms with Crippen LogP contribution in [0.25, 0.3) is 0 Å². The molecule has 1 aliphatic heterocycles. The third-order valence-electron chi connectivity index (χ3n) is 4.86. The molecule has 2 aromatic heterocycles. The third-order valence-corrected chi connectivity index (χ3v) is 4.86. The molecule has 7 nitrogen and oxygen atoms in total. The minimum absolute atomic E-state index is 0.181. The number of piperidine rings is 1. The first kappa shape index (κ1) is 17.7. The molecule has 0 unspecified atom stereocenters. The van der Waals surface area contributed by atoms with Crippen molar-refractivity contribution in [3.05, 3.63) is 41.9 Å². The van der Waals surface area contributed by atoms with Gasteiger partial charge in [-0.15, -0.1) is 0 Å². The van der Waals surface area contributed by atoms with Gasteiger partial charge >= 0.3 is 0 Å². The number of methoxy groups -OCH3 is 1. The largest absolute Gasteiger partial charge is 0.453 e. The summed E-state index contributed by atoms with van der Waals surface area (Å²) in [5, 5.41) is 3.03. The van der Waals surface area contributed by atoms with E-state index in [4.69, 9.17) is 9.15 Å². The van der Waals surface area contributed by atoms with Gasteiger partial charge in [0.1, 0.15) is 12.4 Å². The Labute approximate surface area is 148 Å². The van der Waals surface area contributed by atoms with E-state index in [0.717, 1.165) is 19.4 Å². The first-order valence-electron chi connectivity index (χ1n) is 8.62. The SMILES string of the molecule is COCc1ccc(C(=O)NC[C@@H]2CCCN(C)[C@H]2c2cncn2C)o1. The Bertz CT molecular complexity index is 709. The van der Waals surface area contributed by atoms with Crippen molar-refractivity contribution in [1.29, 1.82) is 0 Å².